The largest absolute Gasteiger partial charge is 0.341 e. The molecule has 0 aliphatic carbocycles. The van der Waals surface area contributed by atoms with Crippen LogP contribution in [-0.4, -0.2) is 38.7 Å². The van der Waals surface area contributed by atoms with Crippen LogP contribution < -0.4 is 0 Å². The molecule has 1 aliphatic rings. The van der Waals surface area contributed by atoms with Crippen molar-refractivity contribution in [2.45, 2.75) is 26.3 Å². The summed E-state index contributed by atoms with van der Waals surface area (Å²) in [6.45, 7) is 4.08. The van der Waals surface area contributed by atoms with Gasteiger partial charge in [0.15, 0.2) is 10.6 Å². The van der Waals surface area contributed by atoms with Gasteiger partial charge in [0.2, 0.25) is 5.91 Å². The molecular weight excluding hydrogens is 332 g/mol. The molecule has 5 nitrogen and oxygen atoms in total. The van der Waals surface area contributed by atoms with Crippen LogP contribution in [0.15, 0.2) is 24.3 Å². The Morgan fingerprint density at radius 3 is 2.65 bits per heavy atom. The van der Waals surface area contributed by atoms with Crippen molar-refractivity contribution in [3.8, 4) is 11.4 Å². The van der Waals surface area contributed by atoms with Gasteiger partial charge in [-0.3, -0.25) is 14.5 Å². The molecule has 0 bridgehead atoms. The van der Waals surface area contributed by atoms with E-state index in [2.05, 4.69) is 17.1 Å². The molecule has 1 amide bonds. The number of nitrogens with one attached hydrogen (secondary N) is 1. The van der Waals surface area contributed by atoms with Crippen LogP contribution in [0, 0.1) is 10.7 Å². The third kappa shape index (κ3) is 3.64. The first-order valence-electron chi connectivity index (χ1n) is 7.73. The van der Waals surface area contributed by atoms with Gasteiger partial charge in [0.1, 0.15) is 6.54 Å². The number of rotatable bonds is 3. The number of hydrogen-bond acceptors (Lipinski definition) is 3. The maximum atomic E-state index is 12.6. The van der Waals surface area contributed by atoms with E-state index in [0.717, 1.165) is 31.5 Å². The van der Waals surface area contributed by atoms with Crippen molar-refractivity contribution < 1.29 is 4.79 Å². The topological polar surface area (TPSA) is 53.9 Å². The standard InChI is InChI=1S/C16H19ClN4OS/c1-11-6-8-20(9-7-11)14(22)10-21-15(18-19-16(21)23)12-2-4-13(17)5-3-12/h2-5,11H,6-10H2,1H3,(H,19,23). The molecule has 1 N–H and O–H groups in total. The fraction of sp³-hybridized carbons (Fsp3) is 0.438. The van der Waals surface area contributed by atoms with Gasteiger partial charge in [-0.15, -0.1) is 0 Å². The molecule has 1 saturated heterocycles. The van der Waals surface area contributed by atoms with Crippen molar-refractivity contribution in [2.75, 3.05) is 13.1 Å². The quantitative estimate of drug-likeness (QED) is 0.862. The van der Waals surface area contributed by atoms with Gasteiger partial charge >= 0.3 is 0 Å². The summed E-state index contributed by atoms with van der Waals surface area (Å²) in [5, 5.41) is 7.70. The lowest BCUT2D eigenvalue weighted by molar-refractivity contribution is -0.133. The Morgan fingerprint density at radius 2 is 2.00 bits per heavy atom. The van der Waals surface area contributed by atoms with Crippen molar-refractivity contribution in [1.29, 1.82) is 0 Å². The Kier molecular flexibility index (Phi) is 4.82. The summed E-state index contributed by atoms with van der Waals surface area (Å²) in [7, 11) is 0. The number of piperidine rings is 1. The zero-order chi connectivity index (χ0) is 16.4. The smallest absolute Gasteiger partial charge is 0.242 e. The summed E-state index contributed by atoms with van der Waals surface area (Å²) in [5.41, 5.74) is 0.877. The molecule has 2 heterocycles. The van der Waals surface area contributed by atoms with Gasteiger partial charge in [0.05, 0.1) is 0 Å². The zero-order valence-corrected chi connectivity index (χ0v) is 14.5. The van der Waals surface area contributed by atoms with Gasteiger partial charge in [-0.2, -0.15) is 5.10 Å². The van der Waals surface area contributed by atoms with Gasteiger partial charge in [-0.25, -0.2) is 0 Å². The predicted molar refractivity (Wildman–Crippen MR) is 92.8 cm³/mol. The predicted octanol–water partition coefficient (Wildman–Crippen LogP) is 3.52. The third-order valence-electron chi connectivity index (χ3n) is 4.29. The summed E-state index contributed by atoms with van der Waals surface area (Å²) >= 11 is 11.2. The average Bonchev–Trinajstić information content (AvgIpc) is 2.90. The van der Waals surface area contributed by atoms with Crippen molar-refractivity contribution in [1.82, 2.24) is 19.7 Å². The fourth-order valence-corrected chi connectivity index (χ4v) is 3.10. The Hall–Kier alpha value is -1.66. The number of carbonyl (C=O) groups excluding carboxylic acids is 1. The second-order valence-corrected chi connectivity index (χ2v) is 6.83. The number of carbonyl (C=O) groups is 1. The van der Waals surface area contributed by atoms with E-state index < -0.39 is 0 Å². The molecule has 1 aromatic heterocycles. The number of H-pyrrole nitrogens is 1. The molecule has 3 rings (SSSR count). The van der Waals surface area contributed by atoms with Gasteiger partial charge in [0.25, 0.3) is 0 Å². The summed E-state index contributed by atoms with van der Waals surface area (Å²) in [4.78, 5) is 14.5. The lowest BCUT2D eigenvalue weighted by Gasteiger charge is -2.30. The molecule has 2 aromatic rings. The Balaban J connectivity index is 1.80. The van der Waals surface area contributed by atoms with E-state index in [0.29, 0.717) is 21.5 Å². The number of nitrogens with zero attached hydrogens (tertiary/aromatic N) is 3. The monoisotopic (exact) mass is 350 g/mol. The molecule has 1 aromatic carbocycles. The zero-order valence-electron chi connectivity index (χ0n) is 13.0. The highest BCUT2D eigenvalue weighted by Gasteiger charge is 2.22. The maximum absolute atomic E-state index is 12.6. The molecule has 0 radical (unpaired) electrons. The number of amides is 1. The van der Waals surface area contributed by atoms with Crippen molar-refractivity contribution in [2.24, 2.45) is 5.92 Å². The van der Waals surface area contributed by atoms with Crippen LogP contribution in [0.2, 0.25) is 5.02 Å². The Morgan fingerprint density at radius 1 is 1.35 bits per heavy atom. The van der Waals surface area contributed by atoms with E-state index >= 15 is 0 Å². The van der Waals surface area contributed by atoms with Gasteiger partial charge in [-0.05, 0) is 55.2 Å². The van der Waals surface area contributed by atoms with E-state index in [-0.39, 0.29) is 12.5 Å². The SMILES string of the molecule is CC1CCN(C(=O)Cn2c(-c3ccc(Cl)cc3)n[nH]c2=S)CC1. The first-order valence-corrected chi connectivity index (χ1v) is 8.52. The number of halogens is 1. The van der Waals surface area contributed by atoms with Crippen molar-refractivity contribution >= 4 is 29.7 Å². The minimum Gasteiger partial charge on any atom is -0.341 e. The molecule has 23 heavy (non-hydrogen) atoms. The molecule has 122 valence electrons. The highest BCUT2D eigenvalue weighted by Crippen LogP contribution is 2.21. The fourth-order valence-electron chi connectivity index (χ4n) is 2.78. The highest BCUT2D eigenvalue weighted by molar-refractivity contribution is 7.71. The molecule has 1 aliphatic heterocycles. The summed E-state index contributed by atoms with van der Waals surface area (Å²) < 4.78 is 2.20. The molecule has 0 unspecified atom stereocenters. The number of benzene rings is 1. The van der Waals surface area contributed by atoms with Gasteiger partial charge < -0.3 is 4.90 Å². The second kappa shape index (κ2) is 6.84. The number of aromatic nitrogens is 3. The van der Waals surface area contributed by atoms with Crippen LogP contribution in [0.5, 0.6) is 0 Å². The molecule has 0 atom stereocenters. The second-order valence-electron chi connectivity index (χ2n) is 6.01. The summed E-state index contributed by atoms with van der Waals surface area (Å²) in [5.74, 6) is 1.44. The van der Waals surface area contributed by atoms with Gasteiger partial charge in [0, 0.05) is 23.7 Å². The van der Waals surface area contributed by atoms with E-state index in [1.165, 1.54) is 0 Å². The van der Waals surface area contributed by atoms with Gasteiger partial charge in [-0.1, -0.05) is 18.5 Å². The lowest BCUT2D eigenvalue weighted by Crippen LogP contribution is -2.39. The van der Waals surface area contributed by atoms with Crippen LogP contribution in [0.4, 0.5) is 0 Å². The summed E-state index contributed by atoms with van der Waals surface area (Å²) in [6.07, 6.45) is 2.12. The van der Waals surface area contributed by atoms with Crippen LogP contribution in [-0.2, 0) is 11.3 Å². The molecule has 0 saturated carbocycles. The summed E-state index contributed by atoms with van der Waals surface area (Å²) in [6, 6.07) is 7.34. The van der Waals surface area contributed by atoms with Crippen molar-refractivity contribution in [3.05, 3.63) is 34.1 Å². The van der Waals surface area contributed by atoms with E-state index in [4.69, 9.17) is 23.8 Å². The van der Waals surface area contributed by atoms with E-state index in [1.807, 2.05) is 17.0 Å². The minimum absolute atomic E-state index is 0.0876. The molecular formula is C16H19ClN4OS. The maximum Gasteiger partial charge on any atom is 0.242 e. The normalized spacial score (nSPS) is 15.8. The lowest BCUT2D eigenvalue weighted by atomic mass is 9.99. The first kappa shape index (κ1) is 16.2. The van der Waals surface area contributed by atoms with Crippen LogP contribution in [0.1, 0.15) is 19.8 Å². The van der Waals surface area contributed by atoms with E-state index in [1.54, 1.807) is 16.7 Å². The first-order chi connectivity index (χ1) is 11.0. The van der Waals surface area contributed by atoms with Crippen LogP contribution in [0.3, 0.4) is 0 Å². The van der Waals surface area contributed by atoms with Crippen LogP contribution >= 0.6 is 23.8 Å². The highest BCUT2D eigenvalue weighted by atomic mass is 35.5. The Bertz CT molecular complexity index is 744. The van der Waals surface area contributed by atoms with Crippen molar-refractivity contribution in [3.63, 3.8) is 0 Å². The number of aromatic amines is 1. The third-order valence-corrected chi connectivity index (χ3v) is 4.85. The minimum atomic E-state index is 0.0876. The average molecular weight is 351 g/mol. The number of likely N-dealkylation sites (tertiary alicyclic amines) is 1. The molecule has 0 spiro atoms. The van der Waals surface area contributed by atoms with Crippen LogP contribution in [0.25, 0.3) is 11.4 Å². The Labute approximate surface area is 145 Å². The molecule has 1 fully saturated rings. The number of hydrogen-bond donors (Lipinski definition) is 1. The molecule has 7 heteroatoms. The van der Waals surface area contributed by atoms with E-state index in [9.17, 15) is 4.79 Å².